The molecular formula is C12H17NO2S. The van der Waals surface area contributed by atoms with Crippen molar-refractivity contribution in [1.82, 2.24) is 4.90 Å². The molecule has 0 saturated carbocycles. The van der Waals surface area contributed by atoms with Crippen LogP contribution >= 0.6 is 11.3 Å². The summed E-state index contributed by atoms with van der Waals surface area (Å²) in [6.07, 6.45) is 1.74. The van der Waals surface area contributed by atoms with E-state index in [1.165, 1.54) is 10.4 Å². The number of carboxylic acid groups (broad SMARTS) is 1. The molecule has 1 rings (SSSR count). The van der Waals surface area contributed by atoms with Crippen molar-refractivity contribution in [2.45, 2.75) is 19.9 Å². The molecule has 16 heavy (non-hydrogen) atoms. The van der Waals surface area contributed by atoms with Crippen LogP contribution in [0.5, 0.6) is 0 Å². The summed E-state index contributed by atoms with van der Waals surface area (Å²) >= 11 is 1.67. The van der Waals surface area contributed by atoms with E-state index in [1.54, 1.807) is 17.4 Å². The fourth-order valence-corrected chi connectivity index (χ4v) is 2.70. The lowest BCUT2D eigenvalue weighted by Gasteiger charge is -2.26. The molecule has 1 heterocycles. The minimum Gasteiger partial charge on any atom is -0.480 e. The van der Waals surface area contributed by atoms with Gasteiger partial charge in [-0.15, -0.1) is 17.9 Å². The Labute approximate surface area is 100 Å². The van der Waals surface area contributed by atoms with Crippen molar-refractivity contribution < 1.29 is 9.90 Å². The smallest absolute Gasteiger partial charge is 0.317 e. The van der Waals surface area contributed by atoms with Gasteiger partial charge in [0.25, 0.3) is 0 Å². The molecule has 0 aromatic carbocycles. The highest BCUT2D eigenvalue weighted by atomic mass is 32.1. The first-order valence-corrected chi connectivity index (χ1v) is 6.05. The van der Waals surface area contributed by atoms with Crippen LogP contribution in [0.25, 0.3) is 0 Å². The van der Waals surface area contributed by atoms with Gasteiger partial charge in [0.15, 0.2) is 0 Å². The summed E-state index contributed by atoms with van der Waals surface area (Å²) in [7, 11) is 0. The van der Waals surface area contributed by atoms with E-state index < -0.39 is 5.97 Å². The second kappa shape index (κ2) is 5.82. The highest BCUT2D eigenvalue weighted by Crippen LogP contribution is 2.28. The van der Waals surface area contributed by atoms with Gasteiger partial charge in [-0.3, -0.25) is 9.69 Å². The standard InChI is InChI=1S/C12H17NO2S/c1-4-6-13(8-11(14)15)10(3)12-9(2)5-7-16-12/h4-5,7,10H,1,6,8H2,2-3H3,(H,14,15). The van der Waals surface area contributed by atoms with E-state index >= 15 is 0 Å². The topological polar surface area (TPSA) is 40.5 Å². The van der Waals surface area contributed by atoms with Crippen molar-refractivity contribution in [3.8, 4) is 0 Å². The van der Waals surface area contributed by atoms with Gasteiger partial charge >= 0.3 is 5.97 Å². The van der Waals surface area contributed by atoms with Crippen LogP contribution in [0.4, 0.5) is 0 Å². The fraction of sp³-hybridized carbons (Fsp3) is 0.417. The molecule has 88 valence electrons. The van der Waals surface area contributed by atoms with Crippen molar-refractivity contribution >= 4 is 17.3 Å². The molecule has 0 bridgehead atoms. The molecule has 0 saturated heterocycles. The molecule has 1 aromatic heterocycles. The molecule has 0 aliphatic rings. The predicted molar refractivity (Wildman–Crippen MR) is 66.9 cm³/mol. The number of rotatable bonds is 6. The lowest BCUT2D eigenvalue weighted by Crippen LogP contribution is -2.32. The molecule has 1 aromatic rings. The molecule has 3 nitrogen and oxygen atoms in total. The monoisotopic (exact) mass is 239 g/mol. The SMILES string of the molecule is C=CCN(CC(=O)O)C(C)c1sccc1C. The van der Waals surface area contributed by atoms with Gasteiger partial charge in [0.05, 0.1) is 6.54 Å². The Morgan fingerprint density at radius 3 is 2.88 bits per heavy atom. The van der Waals surface area contributed by atoms with Crippen LogP contribution in [0.1, 0.15) is 23.4 Å². The zero-order chi connectivity index (χ0) is 12.1. The zero-order valence-corrected chi connectivity index (χ0v) is 10.5. The van der Waals surface area contributed by atoms with Crippen LogP contribution in [0.15, 0.2) is 24.1 Å². The van der Waals surface area contributed by atoms with Crippen molar-refractivity contribution in [3.05, 3.63) is 34.5 Å². The maximum absolute atomic E-state index is 10.8. The summed E-state index contributed by atoms with van der Waals surface area (Å²) in [5.41, 5.74) is 1.22. The number of aryl methyl sites for hydroxylation is 1. The predicted octanol–water partition coefficient (Wildman–Crippen LogP) is 2.69. The van der Waals surface area contributed by atoms with Gasteiger partial charge in [0.2, 0.25) is 0 Å². The van der Waals surface area contributed by atoms with Gasteiger partial charge < -0.3 is 5.11 Å². The van der Waals surface area contributed by atoms with E-state index in [9.17, 15) is 4.79 Å². The Morgan fingerprint density at radius 2 is 2.44 bits per heavy atom. The summed E-state index contributed by atoms with van der Waals surface area (Å²) < 4.78 is 0. The number of nitrogens with zero attached hydrogens (tertiary/aromatic N) is 1. The Kier molecular flexibility index (Phi) is 4.71. The average Bonchev–Trinajstić information content (AvgIpc) is 2.62. The summed E-state index contributed by atoms with van der Waals surface area (Å²) in [4.78, 5) is 13.9. The molecule has 0 amide bonds. The van der Waals surface area contributed by atoms with Gasteiger partial charge in [0.1, 0.15) is 0 Å². The van der Waals surface area contributed by atoms with E-state index in [-0.39, 0.29) is 12.6 Å². The second-order valence-corrected chi connectivity index (χ2v) is 4.70. The largest absolute Gasteiger partial charge is 0.480 e. The maximum Gasteiger partial charge on any atom is 0.317 e. The number of carboxylic acids is 1. The normalized spacial score (nSPS) is 12.7. The third-order valence-electron chi connectivity index (χ3n) is 2.53. The lowest BCUT2D eigenvalue weighted by molar-refractivity contribution is -0.138. The molecule has 0 aliphatic heterocycles. The molecular weight excluding hydrogens is 222 g/mol. The molecule has 0 aliphatic carbocycles. The van der Waals surface area contributed by atoms with Gasteiger partial charge in [-0.05, 0) is 30.9 Å². The van der Waals surface area contributed by atoms with Crippen molar-refractivity contribution in [1.29, 1.82) is 0 Å². The highest BCUT2D eigenvalue weighted by molar-refractivity contribution is 7.10. The lowest BCUT2D eigenvalue weighted by atomic mass is 10.1. The molecule has 4 heteroatoms. The van der Waals surface area contributed by atoms with Crippen LogP contribution in [0.3, 0.4) is 0 Å². The molecule has 1 N–H and O–H groups in total. The minimum absolute atomic E-state index is 0.0462. The Morgan fingerprint density at radius 1 is 1.75 bits per heavy atom. The van der Waals surface area contributed by atoms with Crippen LogP contribution < -0.4 is 0 Å². The number of aliphatic carboxylic acids is 1. The molecule has 0 spiro atoms. The van der Waals surface area contributed by atoms with Crippen LogP contribution in [-0.4, -0.2) is 29.1 Å². The number of thiophene rings is 1. The molecule has 1 atom stereocenters. The Bertz CT molecular complexity index is 373. The van der Waals surface area contributed by atoms with E-state index in [0.717, 1.165) is 0 Å². The summed E-state index contributed by atoms with van der Waals surface area (Å²) in [6.45, 7) is 8.38. The Balaban J connectivity index is 2.81. The van der Waals surface area contributed by atoms with Crippen LogP contribution in [0, 0.1) is 6.92 Å². The first kappa shape index (κ1) is 12.9. The first-order valence-electron chi connectivity index (χ1n) is 5.17. The maximum atomic E-state index is 10.8. The van der Waals surface area contributed by atoms with E-state index in [1.807, 2.05) is 17.2 Å². The van der Waals surface area contributed by atoms with Crippen LogP contribution in [0.2, 0.25) is 0 Å². The first-order chi connectivity index (χ1) is 7.56. The van der Waals surface area contributed by atoms with E-state index in [2.05, 4.69) is 19.6 Å². The molecule has 0 fully saturated rings. The van der Waals surface area contributed by atoms with Crippen molar-refractivity contribution in [3.63, 3.8) is 0 Å². The highest BCUT2D eigenvalue weighted by Gasteiger charge is 2.19. The fourth-order valence-electron chi connectivity index (χ4n) is 1.68. The van der Waals surface area contributed by atoms with Gasteiger partial charge in [-0.2, -0.15) is 0 Å². The second-order valence-electron chi connectivity index (χ2n) is 3.76. The number of carbonyl (C=O) groups is 1. The van der Waals surface area contributed by atoms with Gasteiger partial charge in [0, 0.05) is 17.5 Å². The minimum atomic E-state index is -0.803. The zero-order valence-electron chi connectivity index (χ0n) is 9.64. The third-order valence-corrected chi connectivity index (χ3v) is 3.72. The van der Waals surface area contributed by atoms with E-state index in [4.69, 9.17) is 5.11 Å². The third kappa shape index (κ3) is 3.18. The van der Waals surface area contributed by atoms with Gasteiger partial charge in [-0.1, -0.05) is 6.08 Å². The molecule has 0 radical (unpaired) electrons. The number of hydrogen-bond acceptors (Lipinski definition) is 3. The van der Waals surface area contributed by atoms with E-state index in [0.29, 0.717) is 6.54 Å². The van der Waals surface area contributed by atoms with Crippen molar-refractivity contribution in [2.24, 2.45) is 0 Å². The molecule has 1 unspecified atom stereocenters. The average molecular weight is 239 g/mol. The summed E-state index contributed by atoms with van der Waals surface area (Å²) in [6, 6.07) is 2.18. The summed E-state index contributed by atoms with van der Waals surface area (Å²) in [5.74, 6) is -0.803. The van der Waals surface area contributed by atoms with Crippen LogP contribution in [-0.2, 0) is 4.79 Å². The quantitative estimate of drug-likeness (QED) is 0.776. The van der Waals surface area contributed by atoms with Crippen molar-refractivity contribution in [2.75, 3.05) is 13.1 Å². The van der Waals surface area contributed by atoms with Gasteiger partial charge in [-0.25, -0.2) is 0 Å². The number of hydrogen-bond donors (Lipinski definition) is 1. The Hall–Kier alpha value is -1.13. The summed E-state index contributed by atoms with van der Waals surface area (Å²) in [5, 5.41) is 10.9.